The molecule has 34 heavy (non-hydrogen) atoms. The molecule has 0 spiro atoms. The van der Waals surface area contributed by atoms with Gasteiger partial charge in [-0.05, 0) is 75.5 Å². The Hall–Kier alpha value is -1.74. The van der Waals surface area contributed by atoms with Crippen LogP contribution in [0, 0.1) is 17.8 Å². The number of amides is 1. The molecule has 5 saturated carbocycles. The van der Waals surface area contributed by atoms with Gasteiger partial charge >= 0.3 is 0 Å². The van der Waals surface area contributed by atoms with E-state index >= 15 is 0 Å². The number of carbonyl (C=O) groups is 1. The number of nitrogens with one attached hydrogen (secondary N) is 2. The van der Waals surface area contributed by atoms with Crippen molar-refractivity contribution in [2.24, 2.45) is 17.8 Å². The van der Waals surface area contributed by atoms with Crippen LogP contribution >= 0.6 is 0 Å². The van der Waals surface area contributed by atoms with Gasteiger partial charge in [-0.2, -0.15) is 0 Å². The summed E-state index contributed by atoms with van der Waals surface area (Å²) in [6.45, 7) is 0. The van der Waals surface area contributed by atoms with E-state index in [-0.39, 0.29) is 35.4 Å². The first-order valence-corrected chi connectivity index (χ1v) is 15.0. The molecule has 0 aromatic carbocycles. The second-order valence-corrected chi connectivity index (χ2v) is 14.0. The maximum Gasteiger partial charge on any atom is 0.254 e. The first-order valence-electron chi connectivity index (χ1n) is 13.1. The first kappa shape index (κ1) is 22.7. The average Bonchev–Trinajstić information content (AvgIpc) is 3.31. The van der Waals surface area contributed by atoms with Gasteiger partial charge in [0.1, 0.15) is 9.84 Å². The van der Waals surface area contributed by atoms with Gasteiger partial charge in [-0.15, -0.1) is 0 Å². The van der Waals surface area contributed by atoms with Gasteiger partial charge in [0.15, 0.2) is 0 Å². The zero-order chi connectivity index (χ0) is 23.5. The fraction of sp³-hybridized carbons (Fsp3) is 0.800. The van der Waals surface area contributed by atoms with E-state index in [4.69, 9.17) is 4.98 Å². The largest absolute Gasteiger partial charge is 0.390 e. The van der Waals surface area contributed by atoms with Crippen LogP contribution in [0.2, 0.25) is 0 Å². The van der Waals surface area contributed by atoms with Crippen LogP contribution in [-0.4, -0.2) is 58.6 Å². The maximum atomic E-state index is 13.5. The third kappa shape index (κ3) is 4.34. The summed E-state index contributed by atoms with van der Waals surface area (Å²) in [5, 5.41) is 17.6. The van der Waals surface area contributed by atoms with Gasteiger partial charge in [-0.1, -0.05) is 12.8 Å². The van der Waals surface area contributed by atoms with Crippen molar-refractivity contribution < 1.29 is 18.3 Å². The molecule has 3 unspecified atom stereocenters. The quantitative estimate of drug-likeness (QED) is 0.583. The summed E-state index contributed by atoms with van der Waals surface area (Å²) < 4.78 is 23.5. The van der Waals surface area contributed by atoms with Gasteiger partial charge < -0.3 is 15.7 Å². The molecule has 7 rings (SSSR count). The lowest BCUT2D eigenvalue weighted by Gasteiger charge is -2.58. The molecule has 4 bridgehead atoms. The number of aliphatic hydroxyl groups is 1. The van der Waals surface area contributed by atoms with Crippen LogP contribution in [0.25, 0.3) is 0 Å². The molecule has 1 aliphatic heterocycles. The van der Waals surface area contributed by atoms with Crippen LogP contribution in [0.3, 0.4) is 0 Å². The Morgan fingerprint density at radius 1 is 1.03 bits per heavy atom. The minimum absolute atomic E-state index is 0.0403. The van der Waals surface area contributed by atoms with Crippen molar-refractivity contribution in [2.75, 3.05) is 16.8 Å². The molecule has 3 N–H and O–H groups in total. The van der Waals surface area contributed by atoms with E-state index in [2.05, 4.69) is 15.6 Å². The van der Waals surface area contributed by atoms with Gasteiger partial charge in [-0.3, -0.25) is 4.79 Å². The van der Waals surface area contributed by atoms with E-state index in [9.17, 15) is 18.3 Å². The second kappa shape index (κ2) is 8.43. The summed E-state index contributed by atoms with van der Waals surface area (Å²) in [5.41, 5.74) is 0.899. The fourth-order valence-corrected chi connectivity index (χ4v) is 9.30. The van der Waals surface area contributed by atoms with Gasteiger partial charge in [0.2, 0.25) is 5.95 Å². The number of nitrogens with zero attached hydrogens (tertiary/aromatic N) is 2. The summed E-state index contributed by atoms with van der Waals surface area (Å²) in [4.78, 5) is 22.8. The Balaban J connectivity index is 1.20. The molecule has 6 fully saturated rings. The highest BCUT2D eigenvalue weighted by Gasteiger charge is 2.55. The Morgan fingerprint density at radius 3 is 2.35 bits per heavy atom. The number of sulfone groups is 1. The van der Waals surface area contributed by atoms with Crippen LogP contribution < -0.4 is 10.6 Å². The smallest absolute Gasteiger partial charge is 0.254 e. The Kier molecular flexibility index (Phi) is 5.63. The number of hydrogen-bond donors (Lipinski definition) is 3. The molecule has 1 aromatic heterocycles. The zero-order valence-corrected chi connectivity index (χ0v) is 20.5. The summed E-state index contributed by atoms with van der Waals surface area (Å²) >= 11 is 0. The molecule has 1 amide bonds. The predicted molar refractivity (Wildman–Crippen MR) is 128 cm³/mol. The molecule has 1 saturated heterocycles. The highest BCUT2D eigenvalue weighted by atomic mass is 32.2. The van der Waals surface area contributed by atoms with Crippen molar-refractivity contribution in [2.45, 2.75) is 94.2 Å². The average molecular weight is 489 g/mol. The fourth-order valence-electron chi connectivity index (χ4n) is 7.81. The lowest BCUT2D eigenvalue weighted by molar-refractivity contribution is -0.136. The van der Waals surface area contributed by atoms with E-state index in [0.717, 1.165) is 63.5 Å². The highest BCUT2D eigenvalue weighted by molar-refractivity contribution is 7.91. The molecule has 8 nitrogen and oxygen atoms in total. The van der Waals surface area contributed by atoms with Crippen LogP contribution in [0.15, 0.2) is 6.20 Å². The highest BCUT2D eigenvalue weighted by Crippen LogP contribution is 2.55. The van der Waals surface area contributed by atoms with Crippen LogP contribution in [-0.2, 0) is 9.84 Å². The summed E-state index contributed by atoms with van der Waals surface area (Å²) in [7, 11) is -2.92. The number of rotatable bonds is 5. The summed E-state index contributed by atoms with van der Waals surface area (Å²) in [6, 6.07) is 0.168. The first-order chi connectivity index (χ1) is 16.3. The lowest BCUT2D eigenvalue weighted by Crippen LogP contribution is -2.61. The zero-order valence-electron chi connectivity index (χ0n) is 19.7. The SMILES string of the molecule is O=C(NC1[C@@H]2CC3C[C@H]1CC(O)(C3)C2)c1cnc(NC2CCS(=O)(=O)CC2)nc1C1CCCC1. The van der Waals surface area contributed by atoms with Gasteiger partial charge in [0, 0.05) is 24.2 Å². The molecule has 186 valence electrons. The standard InChI is InChI=1S/C25H36N4O4S/c30-23(28-21-17-9-15-10-18(21)13-25(31,11-15)12-17)20-14-26-24(29-22(20)16-3-1-2-4-16)27-19-5-7-34(32,33)8-6-19/h14-19,21,31H,1-13H2,(H,28,30)(H,26,27,29)/t15?,17-,18+,21?,25?. The molecule has 1 aromatic rings. The number of hydrogen-bond acceptors (Lipinski definition) is 7. The van der Waals surface area contributed by atoms with Crippen LogP contribution in [0.5, 0.6) is 0 Å². The Morgan fingerprint density at radius 2 is 1.71 bits per heavy atom. The van der Waals surface area contributed by atoms with Crippen molar-refractivity contribution in [1.29, 1.82) is 0 Å². The number of carbonyl (C=O) groups excluding carboxylic acids is 1. The molecule has 5 atom stereocenters. The van der Waals surface area contributed by atoms with E-state index in [0.29, 0.717) is 42.1 Å². The topological polar surface area (TPSA) is 121 Å². The third-order valence-electron chi connectivity index (χ3n) is 9.23. The minimum atomic E-state index is -2.92. The molecule has 0 radical (unpaired) electrons. The Labute approximate surface area is 201 Å². The predicted octanol–water partition coefficient (Wildman–Crippen LogP) is 2.79. The van der Waals surface area contributed by atoms with Crippen molar-refractivity contribution >= 4 is 21.7 Å². The van der Waals surface area contributed by atoms with Crippen molar-refractivity contribution in [3.63, 3.8) is 0 Å². The van der Waals surface area contributed by atoms with Gasteiger partial charge in [-0.25, -0.2) is 18.4 Å². The molecule has 5 aliphatic carbocycles. The van der Waals surface area contributed by atoms with E-state index < -0.39 is 15.4 Å². The monoisotopic (exact) mass is 488 g/mol. The molecular formula is C25H36N4O4S. The van der Waals surface area contributed by atoms with Crippen molar-refractivity contribution in [3.8, 4) is 0 Å². The third-order valence-corrected chi connectivity index (χ3v) is 10.9. The molecular weight excluding hydrogens is 452 g/mol. The minimum Gasteiger partial charge on any atom is -0.390 e. The summed E-state index contributed by atoms with van der Waals surface area (Å²) in [5.74, 6) is 2.39. The van der Waals surface area contributed by atoms with E-state index in [1.165, 1.54) is 0 Å². The molecule has 2 heterocycles. The normalized spacial score (nSPS) is 37.1. The van der Waals surface area contributed by atoms with Crippen molar-refractivity contribution in [1.82, 2.24) is 15.3 Å². The number of aromatic nitrogens is 2. The lowest BCUT2D eigenvalue weighted by atomic mass is 9.52. The van der Waals surface area contributed by atoms with Crippen molar-refractivity contribution in [3.05, 3.63) is 17.5 Å². The van der Waals surface area contributed by atoms with Crippen LogP contribution in [0.4, 0.5) is 5.95 Å². The molecule has 6 aliphatic rings. The maximum absolute atomic E-state index is 13.5. The van der Waals surface area contributed by atoms with E-state index in [1.54, 1.807) is 6.20 Å². The summed E-state index contributed by atoms with van der Waals surface area (Å²) in [6.07, 6.45) is 11.9. The molecule has 9 heteroatoms. The Bertz CT molecular complexity index is 1040. The van der Waals surface area contributed by atoms with Gasteiger partial charge in [0.25, 0.3) is 5.91 Å². The van der Waals surface area contributed by atoms with E-state index in [1.807, 2.05) is 0 Å². The van der Waals surface area contributed by atoms with Crippen LogP contribution in [0.1, 0.15) is 92.6 Å². The number of anilines is 1. The second-order valence-electron chi connectivity index (χ2n) is 11.7. The van der Waals surface area contributed by atoms with Gasteiger partial charge in [0.05, 0.1) is 28.4 Å².